The first-order valence-electron chi connectivity index (χ1n) is 8.77. The van der Waals surface area contributed by atoms with E-state index in [1.165, 1.54) is 49.4 Å². The Bertz CT molecular complexity index is 1110. The molecule has 0 fully saturated rings. The summed E-state index contributed by atoms with van der Waals surface area (Å²) in [5.74, 6) is -0.708. The second kappa shape index (κ2) is 8.68. The molecule has 1 aromatic heterocycles. The van der Waals surface area contributed by atoms with Gasteiger partial charge in [0.25, 0.3) is 0 Å². The predicted molar refractivity (Wildman–Crippen MR) is 112 cm³/mol. The number of carbonyl (C=O) groups is 2. The van der Waals surface area contributed by atoms with Crippen LogP contribution in [0, 0.1) is 0 Å². The van der Waals surface area contributed by atoms with E-state index in [1.54, 1.807) is 0 Å². The second-order valence-corrected chi connectivity index (χ2v) is 9.17. The number of rotatable bonds is 7. The monoisotopic (exact) mass is 432 g/mol. The average Bonchev–Trinajstić information content (AvgIpc) is 3.08. The van der Waals surface area contributed by atoms with Crippen molar-refractivity contribution in [3.8, 4) is 0 Å². The van der Waals surface area contributed by atoms with Gasteiger partial charge in [-0.25, -0.2) is 13.4 Å². The number of benzene rings is 2. The summed E-state index contributed by atoms with van der Waals surface area (Å²) in [6.07, 6.45) is 0. The molecule has 3 rings (SSSR count). The number of fused-ring (bicyclic) bond motifs is 1. The number of amides is 2. The van der Waals surface area contributed by atoms with Crippen LogP contribution in [-0.4, -0.2) is 31.3 Å². The summed E-state index contributed by atoms with van der Waals surface area (Å²) in [7, 11) is -3.89. The SMILES string of the molecule is CC(=O)Nc1ccc(S(=O)(=O)N[C@@H](C)C(=O)NCc2nc3ccccc3s2)cc1. The predicted octanol–water partition coefficient (Wildman–Crippen LogP) is 2.24. The van der Waals surface area contributed by atoms with Crippen molar-refractivity contribution in [2.45, 2.75) is 31.3 Å². The molecule has 0 aliphatic heterocycles. The van der Waals surface area contributed by atoms with Gasteiger partial charge in [-0.1, -0.05) is 12.1 Å². The molecule has 0 saturated heterocycles. The first kappa shape index (κ1) is 20.9. The zero-order valence-corrected chi connectivity index (χ0v) is 17.4. The number of sulfonamides is 1. The van der Waals surface area contributed by atoms with Gasteiger partial charge in [0.2, 0.25) is 21.8 Å². The summed E-state index contributed by atoms with van der Waals surface area (Å²) in [4.78, 5) is 27.8. The first-order chi connectivity index (χ1) is 13.7. The molecule has 0 radical (unpaired) electrons. The van der Waals surface area contributed by atoms with Crippen molar-refractivity contribution < 1.29 is 18.0 Å². The van der Waals surface area contributed by atoms with E-state index >= 15 is 0 Å². The molecule has 1 heterocycles. The Hall–Kier alpha value is -2.82. The highest BCUT2D eigenvalue weighted by molar-refractivity contribution is 7.89. The summed E-state index contributed by atoms with van der Waals surface area (Å²) >= 11 is 1.47. The molecule has 0 aliphatic carbocycles. The molecule has 0 unspecified atom stereocenters. The third-order valence-corrected chi connectivity index (χ3v) is 6.56. The van der Waals surface area contributed by atoms with Gasteiger partial charge in [0.1, 0.15) is 5.01 Å². The lowest BCUT2D eigenvalue weighted by Crippen LogP contribution is -2.44. The standard InChI is InChI=1S/C19H20N4O4S2/c1-12(19(25)20-11-18-22-16-5-3-4-6-17(16)28-18)23-29(26,27)15-9-7-14(8-10-15)21-13(2)24/h3-10,12,23H,11H2,1-2H3,(H,20,25)(H,21,24)/t12-/m0/s1. The molecule has 0 bridgehead atoms. The van der Waals surface area contributed by atoms with Gasteiger partial charge < -0.3 is 10.6 Å². The van der Waals surface area contributed by atoms with E-state index in [2.05, 4.69) is 20.3 Å². The number of carbonyl (C=O) groups excluding carboxylic acids is 2. The molecule has 0 spiro atoms. The summed E-state index contributed by atoms with van der Waals surface area (Å²) in [6.45, 7) is 3.05. The number of nitrogens with one attached hydrogen (secondary N) is 3. The number of anilines is 1. The van der Waals surface area contributed by atoms with Crippen LogP contribution in [0.4, 0.5) is 5.69 Å². The van der Waals surface area contributed by atoms with Crippen molar-refractivity contribution in [2.75, 3.05) is 5.32 Å². The molecule has 0 saturated carbocycles. The van der Waals surface area contributed by atoms with Crippen LogP contribution in [0.25, 0.3) is 10.2 Å². The molecule has 2 aromatic carbocycles. The van der Waals surface area contributed by atoms with E-state index in [0.717, 1.165) is 15.2 Å². The molecule has 29 heavy (non-hydrogen) atoms. The summed E-state index contributed by atoms with van der Waals surface area (Å²) in [5.41, 5.74) is 1.34. The number of thiazole rings is 1. The van der Waals surface area contributed by atoms with Gasteiger partial charge in [0.15, 0.2) is 0 Å². The molecular formula is C19H20N4O4S2. The smallest absolute Gasteiger partial charge is 0.241 e. The van der Waals surface area contributed by atoms with Crippen molar-refractivity contribution in [2.24, 2.45) is 0 Å². The summed E-state index contributed by atoms with van der Waals surface area (Å²) in [5, 5.41) is 6.00. The summed E-state index contributed by atoms with van der Waals surface area (Å²) < 4.78 is 28.3. The van der Waals surface area contributed by atoms with Gasteiger partial charge in [-0.05, 0) is 43.3 Å². The van der Waals surface area contributed by atoms with Crippen molar-refractivity contribution in [1.29, 1.82) is 0 Å². The van der Waals surface area contributed by atoms with Gasteiger partial charge in [-0.15, -0.1) is 11.3 Å². The molecule has 0 aliphatic rings. The van der Waals surface area contributed by atoms with Crippen molar-refractivity contribution in [3.05, 3.63) is 53.5 Å². The minimum absolute atomic E-state index is 0.00238. The van der Waals surface area contributed by atoms with Crippen LogP contribution in [0.2, 0.25) is 0 Å². The van der Waals surface area contributed by atoms with E-state index < -0.39 is 22.0 Å². The van der Waals surface area contributed by atoms with Gasteiger partial charge in [0, 0.05) is 12.6 Å². The number of para-hydroxylation sites is 1. The molecule has 10 heteroatoms. The van der Waals surface area contributed by atoms with Crippen LogP contribution in [0.15, 0.2) is 53.4 Å². The van der Waals surface area contributed by atoms with E-state index in [4.69, 9.17) is 0 Å². The Labute approximate surface area is 172 Å². The maximum atomic E-state index is 12.5. The largest absolute Gasteiger partial charge is 0.348 e. The normalized spacial score (nSPS) is 12.5. The van der Waals surface area contributed by atoms with Crippen LogP contribution in [-0.2, 0) is 26.2 Å². The Kier molecular flexibility index (Phi) is 6.26. The van der Waals surface area contributed by atoms with Crippen LogP contribution >= 0.6 is 11.3 Å². The Morgan fingerprint density at radius 3 is 2.45 bits per heavy atom. The van der Waals surface area contributed by atoms with Gasteiger partial charge in [-0.2, -0.15) is 4.72 Å². The Balaban J connectivity index is 1.59. The minimum Gasteiger partial charge on any atom is -0.348 e. The highest BCUT2D eigenvalue weighted by atomic mass is 32.2. The zero-order valence-electron chi connectivity index (χ0n) is 15.8. The lowest BCUT2D eigenvalue weighted by Gasteiger charge is -2.14. The minimum atomic E-state index is -3.89. The molecular weight excluding hydrogens is 412 g/mol. The van der Waals surface area contributed by atoms with E-state index in [0.29, 0.717) is 5.69 Å². The van der Waals surface area contributed by atoms with Crippen molar-refractivity contribution in [3.63, 3.8) is 0 Å². The van der Waals surface area contributed by atoms with Crippen LogP contribution in [0.1, 0.15) is 18.9 Å². The van der Waals surface area contributed by atoms with Gasteiger partial charge in [-0.3, -0.25) is 9.59 Å². The van der Waals surface area contributed by atoms with E-state index in [9.17, 15) is 18.0 Å². The van der Waals surface area contributed by atoms with Crippen molar-refractivity contribution in [1.82, 2.24) is 15.0 Å². The molecule has 2 amide bonds. The Morgan fingerprint density at radius 1 is 1.10 bits per heavy atom. The quantitative estimate of drug-likeness (QED) is 0.529. The van der Waals surface area contributed by atoms with Gasteiger partial charge >= 0.3 is 0 Å². The number of hydrogen-bond donors (Lipinski definition) is 3. The van der Waals surface area contributed by atoms with E-state index in [1.807, 2.05) is 24.3 Å². The molecule has 8 nitrogen and oxygen atoms in total. The third kappa shape index (κ3) is 5.37. The third-order valence-electron chi connectivity index (χ3n) is 3.96. The van der Waals surface area contributed by atoms with Crippen LogP contribution in [0.5, 0.6) is 0 Å². The number of aromatic nitrogens is 1. The number of nitrogens with zero attached hydrogens (tertiary/aromatic N) is 1. The zero-order chi connectivity index (χ0) is 21.0. The second-order valence-electron chi connectivity index (χ2n) is 6.34. The number of hydrogen-bond acceptors (Lipinski definition) is 6. The van der Waals surface area contributed by atoms with E-state index in [-0.39, 0.29) is 17.3 Å². The lowest BCUT2D eigenvalue weighted by atomic mass is 10.3. The Morgan fingerprint density at radius 2 is 1.79 bits per heavy atom. The average molecular weight is 433 g/mol. The first-order valence-corrected chi connectivity index (χ1v) is 11.1. The van der Waals surface area contributed by atoms with Gasteiger partial charge in [0.05, 0.1) is 27.7 Å². The lowest BCUT2D eigenvalue weighted by molar-refractivity contribution is -0.122. The highest BCUT2D eigenvalue weighted by Gasteiger charge is 2.22. The summed E-state index contributed by atoms with van der Waals surface area (Å²) in [6, 6.07) is 12.4. The van der Waals surface area contributed by atoms with Crippen LogP contribution < -0.4 is 15.4 Å². The fourth-order valence-corrected chi connectivity index (χ4v) is 4.70. The molecule has 1 atom stereocenters. The van der Waals surface area contributed by atoms with Crippen LogP contribution in [0.3, 0.4) is 0 Å². The fourth-order valence-electron chi connectivity index (χ4n) is 2.59. The molecule has 3 N–H and O–H groups in total. The highest BCUT2D eigenvalue weighted by Crippen LogP contribution is 2.21. The maximum absolute atomic E-state index is 12.5. The maximum Gasteiger partial charge on any atom is 0.241 e. The van der Waals surface area contributed by atoms with Crippen molar-refractivity contribution >= 4 is 49.1 Å². The topological polar surface area (TPSA) is 117 Å². The molecule has 3 aromatic rings. The molecule has 152 valence electrons. The fraction of sp³-hybridized carbons (Fsp3) is 0.211.